The van der Waals surface area contributed by atoms with E-state index in [4.69, 9.17) is 5.10 Å². The van der Waals surface area contributed by atoms with Crippen molar-refractivity contribution >= 4 is 5.91 Å². The van der Waals surface area contributed by atoms with Crippen LogP contribution in [-0.2, 0) is 19.4 Å². The fourth-order valence-corrected chi connectivity index (χ4v) is 5.29. The lowest BCUT2D eigenvalue weighted by Crippen LogP contribution is -2.51. The van der Waals surface area contributed by atoms with E-state index in [1.165, 1.54) is 30.5 Å². The van der Waals surface area contributed by atoms with Crippen molar-refractivity contribution in [2.45, 2.75) is 64.5 Å². The summed E-state index contributed by atoms with van der Waals surface area (Å²) >= 11 is 0. The Bertz CT molecular complexity index is 711. The molecule has 0 spiro atoms. The van der Waals surface area contributed by atoms with Gasteiger partial charge in [0.15, 0.2) is 5.69 Å². The average Bonchev–Trinajstić information content (AvgIpc) is 2.93. The summed E-state index contributed by atoms with van der Waals surface area (Å²) in [6, 6.07) is 0.540. The molecule has 0 saturated carbocycles. The zero-order valence-electron chi connectivity index (χ0n) is 18.1. The molecule has 1 aromatic rings. The van der Waals surface area contributed by atoms with E-state index in [0.29, 0.717) is 12.6 Å². The van der Waals surface area contributed by atoms with Crippen LogP contribution in [0, 0.1) is 0 Å². The molecule has 2 fully saturated rings. The van der Waals surface area contributed by atoms with Crippen molar-refractivity contribution in [1.29, 1.82) is 0 Å². The molecule has 6 heteroatoms. The molecule has 3 heterocycles. The maximum Gasteiger partial charge on any atom is 0.274 e. The molecule has 6 nitrogen and oxygen atoms in total. The summed E-state index contributed by atoms with van der Waals surface area (Å²) in [5, 5.41) is 4.82. The Morgan fingerprint density at radius 3 is 2.48 bits per heavy atom. The summed E-state index contributed by atoms with van der Waals surface area (Å²) in [5.74, 6) is 0.155. The van der Waals surface area contributed by atoms with E-state index in [2.05, 4.69) is 28.2 Å². The second kappa shape index (κ2) is 9.43. The lowest BCUT2D eigenvalue weighted by Gasteiger charge is -2.40. The van der Waals surface area contributed by atoms with Crippen LogP contribution in [0.2, 0.25) is 0 Å². The minimum atomic E-state index is 0.155. The monoisotopic (exact) mass is 399 g/mol. The van der Waals surface area contributed by atoms with Crippen molar-refractivity contribution in [2.75, 3.05) is 45.8 Å². The van der Waals surface area contributed by atoms with E-state index < -0.39 is 0 Å². The molecular weight excluding hydrogens is 362 g/mol. The summed E-state index contributed by atoms with van der Waals surface area (Å²) in [4.78, 5) is 20.6. The van der Waals surface area contributed by atoms with Crippen LogP contribution in [0.25, 0.3) is 0 Å². The normalized spacial score (nSPS) is 24.2. The quantitative estimate of drug-likeness (QED) is 0.714. The molecular formula is C23H37N5O. The molecule has 1 atom stereocenters. The Labute approximate surface area is 175 Å². The van der Waals surface area contributed by atoms with Crippen LogP contribution in [0.15, 0.2) is 12.7 Å². The van der Waals surface area contributed by atoms with Crippen molar-refractivity contribution < 1.29 is 4.79 Å². The Morgan fingerprint density at radius 2 is 1.83 bits per heavy atom. The number of carbonyl (C=O) groups is 1. The second-order valence-electron chi connectivity index (χ2n) is 8.82. The van der Waals surface area contributed by atoms with Gasteiger partial charge in [-0.1, -0.05) is 25.8 Å². The third-order valence-electron chi connectivity index (χ3n) is 7.09. The van der Waals surface area contributed by atoms with Crippen LogP contribution in [0.3, 0.4) is 0 Å². The van der Waals surface area contributed by atoms with Gasteiger partial charge in [0.05, 0.1) is 6.54 Å². The summed E-state index contributed by atoms with van der Waals surface area (Å²) in [5.41, 5.74) is 3.21. The van der Waals surface area contributed by atoms with E-state index >= 15 is 0 Å². The first-order valence-corrected chi connectivity index (χ1v) is 11.7. The van der Waals surface area contributed by atoms with E-state index in [-0.39, 0.29) is 5.91 Å². The van der Waals surface area contributed by atoms with E-state index in [0.717, 1.165) is 77.2 Å². The summed E-state index contributed by atoms with van der Waals surface area (Å²) < 4.78 is 2.04. The van der Waals surface area contributed by atoms with Crippen LogP contribution in [-0.4, -0.2) is 82.2 Å². The van der Waals surface area contributed by atoms with Crippen LogP contribution >= 0.6 is 0 Å². The standard InChI is InChI=1S/C23H37N5O/c1-3-11-28-21-10-9-19(26-16-14-25(4-2)15-17-26)18-20(21)22(24-28)23(29)27-12-7-5-6-8-13-27/h3,19H,1,4-18H2,2H3. The molecule has 0 radical (unpaired) electrons. The first-order valence-electron chi connectivity index (χ1n) is 11.7. The minimum Gasteiger partial charge on any atom is -0.337 e. The number of aromatic nitrogens is 2. The van der Waals surface area contributed by atoms with E-state index in [1.54, 1.807) is 0 Å². The molecule has 0 aromatic carbocycles. The highest BCUT2D eigenvalue weighted by atomic mass is 16.2. The number of piperazine rings is 1. The smallest absolute Gasteiger partial charge is 0.274 e. The van der Waals surface area contributed by atoms with Crippen LogP contribution in [0.5, 0.6) is 0 Å². The van der Waals surface area contributed by atoms with Gasteiger partial charge in [-0.2, -0.15) is 5.10 Å². The number of fused-ring (bicyclic) bond motifs is 1. The van der Waals surface area contributed by atoms with E-state index in [9.17, 15) is 4.79 Å². The van der Waals surface area contributed by atoms with Gasteiger partial charge in [0.1, 0.15) is 0 Å². The Hall–Kier alpha value is -1.66. The molecule has 1 unspecified atom stereocenters. The predicted octanol–water partition coefficient (Wildman–Crippen LogP) is 2.58. The highest BCUT2D eigenvalue weighted by Crippen LogP contribution is 2.29. The lowest BCUT2D eigenvalue weighted by atomic mass is 9.89. The van der Waals surface area contributed by atoms with Gasteiger partial charge in [-0.15, -0.1) is 6.58 Å². The Balaban J connectivity index is 1.55. The highest BCUT2D eigenvalue weighted by molar-refractivity contribution is 5.94. The van der Waals surface area contributed by atoms with Crippen molar-refractivity contribution in [3.05, 3.63) is 29.6 Å². The fourth-order valence-electron chi connectivity index (χ4n) is 5.29. The third kappa shape index (κ3) is 4.43. The summed E-state index contributed by atoms with van der Waals surface area (Å²) in [6.45, 7) is 14.3. The zero-order chi connectivity index (χ0) is 20.2. The molecule has 0 bridgehead atoms. The molecule has 1 amide bonds. The van der Waals surface area contributed by atoms with Crippen molar-refractivity contribution in [1.82, 2.24) is 24.5 Å². The molecule has 29 heavy (non-hydrogen) atoms. The van der Waals surface area contributed by atoms with Gasteiger partial charge in [0.25, 0.3) is 5.91 Å². The highest BCUT2D eigenvalue weighted by Gasteiger charge is 2.34. The Morgan fingerprint density at radius 1 is 1.10 bits per heavy atom. The molecule has 2 saturated heterocycles. The van der Waals surface area contributed by atoms with Crippen molar-refractivity contribution in [3.63, 3.8) is 0 Å². The van der Waals surface area contributed by atoms with Gasteiger partial charge in [0, 0.05) is 56.6 Å². The molecule has 1 aromatic heterocycles. The number of hydrogen-bond donors (Lipinski definition) is 0. The number of amides is 1. The largest absolute Gasteiger partial charge is 0.337 e. The van der Waals surface area contributed by atoms with Crippen LogP contribution in [0.1, 0.15) is 60.8 Å². The maximum atomic E-state index is 13.4. The molecule has 3 aliphatic rings. The number of likely N-dealkylation sites (tertiary alicyclic amines) is 1. The number of likely N-dealkylation sites (N-methyl/N-ethyl adjacent to an activating group) is 1. The van der Waals surface area contributed by atoms with Gasteiger partial charge < -0.3 is 9.80 Å². The summed E-state index contributed by atoms with van der Waals surface area (Å²) in [6.07, 6.45) is 9.74. The number of carbonyl (C=O) groups excluding carboxylic acids is 1. The molecule has 4 rings (SSSR count). The van der Waals surface area contributed by atoms with Crippen LogP contribution < -0.4 is 0 Å². The van der Waals surface area contributed by atoms with Gasteiger partial charge in [-0.25, -0.2) is 0 Å². The SMILES string of the molecule is C=CCn1nc(C(=O)N2CCCCCC2)c2c1CCC(N1CCN(CC)CC1)C2. The number of nitrogens with zero attached hydrogens (tertiary/aromatic N) is 5. The molecule has 0 N–H and O–H groups in total. The lowest BCUT2D eigenvalue weighted by molar-refractivity contribution is 0.0750. The van der Waals surface area contributed by atoms with Gasteiger partial charge in [-0.3, -0.25) is 14.4 Å². The van der Waals surface area contributed by atoms with Gasteiger partial charge in [-0.05, 0) is 38.6 Å². The fraction of sp³-hybridized carbons (Fsp3) is 0.739. The molecule has 2 aliphatic heterocycles. The topological polar surface area (TPSA) is 44.6 Å². The van der Waals surface area contributed by atoms with Crippen LogP contribution in [0.4, 0.5) is 0 Å². The number of rotatable bonds is 5. The van der Waals surface area contributed by atoms with Gasteiger partial charge >= 0.3 is 0 Å². The second-order valence-corrected chi connectivity index (χ2v) is 8.82. The average molecular weight is 400 g/mol. The zero-order valence-corrected chi connectivity index (χ0v) is 18.1. The predicted molar refractivity (Wildman–Crippen MR) is 116 cm³/mol. The number of hydrogen-bond acceptors (Lipinski definition) is 4. The van der Waals surface area contributed by atoms with Gasteiger partial charge in [0.2, 0.25) is 0 Å². The van der Waals surface area contributed by atoms with Crippen molar-refractivity contribution in [2.24, 2.45) is 0 Å². The number of allylic oxidation sites excluding steroid dienone is 1. The molecule has 1 aliphatic carbocycles. The summed E-state index contributed by atoms with van der Waals surface area (Å²) in [7, 11) is 0. The third-order valence-corrected chi connectivity index (χ3v) is 7.09. The van der Waals surface area contributed by atoms with E-state index in [1.807, 2.05) is 10.8 Å². The molecule has 160 valence electrons. The minimum absolute atomic E-state index is 0.155. The Kier molecular flexibility index (Phi) is 6.70. The maximum absolute atomic E-state index is 13.4. The van der Waals surface area contributed by atoms with Crippen molar-refractivity contribution in [3.8, 4) is 0 Å². The first-order chi connectivity index (χ1) is 14.2. The first kappa shape index (κ1) is 20.6.